The van der Waals surface area contributed by atoms with Crippen LogP contribution in [0.15, 0.2) is 77.5 Å². The molecule has 0 aliphatic heterocycles. The topological polar surface area (TPSA) is 4.41 Å². The van der Waals surface area contributed by atoms with Gasteiger partial charge < -0.3 is 4.40 Å². The van der Waals surface area contributed by atoms with Gasteiger partial charge in [-0.25, -0.2) is 0 Å². The molecule has 26 heavy (non-hydrogen) atoms. The third-order valence-electron chi connectivity index (χ3n) is 5.04. The molecule has 0 atom stereocenters. The minimum atomic E-state index is 0.977. The maximum Gasteiger partial charge on any atom is 0.0459 e. The van der Waals surface area contributed by atoms with Gasteiger partial charge in [0.15, 0.2) is 0 Å². The largest absolute Gasteiger partial charge is 0.323 e. The molecule has 0 aliphatic carbocycles. The second kappa shape index (κ2) is 7.13. The second-order valence-corrected chi connectivity index (χ2v) is 7.81. The summed E-state index contributed by atoms with van der Waals surface area (Å²) in [4.78, 5) is 0. The smallest absolute Gasteiger partial charge is 0.0459 e. The number of aryl methyl sites for hydroxylation is 2. The molecule has 0 amide bonds. The standard InChI is InChI=1S/C24H22BrN/c1-3-18-4-6-19(7-5-18)12-21-13-24-14-22(16-26(24)15-17(21)2)20-8-10-23(25)11-9-20/h4-11,13-16H,3,12H2,1-2H3. The van der Waals surface area contributed by atoms with Crippen LogP contribution in [-0.2, 0) is 12.8 Å². The Morgan fingerprint density at radius 3 is 2.19 bits per heavy atom. The summed E-state index contributed by atoms with van der Waals surface area (Å²) in [7, 11) is 0. The third-order valence-corrected chi connectivity index (χ3v) is 5.57. The highest BCUT2D eigenvalue weighted by Gasteiger charge is 2.07. The second-order valence-electron chi connectivity index (χ2n) is 6.90. The highest BCUT2D eigenvalue weighted by atomic mass is 79.9. The van der Waals surface area contributed by atoms with Gasteiger partial charge in [0, 0.05) is 27.9 Å². The summed E-state index contributed by atoms with van der Waals surface area (Å²) in [5, 5.41) is 0. The van der Waals surface area contributed by atoms with Crippen LogP contribution in [0.3, 0.4) is 0 Å². The summed E-state index contributed by atoms with van der Waals surface area (Å²) >= 11 is 3.51. The van der Waals surface area contributed by atoms with E-state index < -0.39 is 0 Å². The van der Waals surface area contributed by atoms with Crippen LogP contribution in [-0.4, -0.2) is 4.40 Å². The predicted octanol–water partition coefficient (Wildman–Crippen LogP) is 6.83. The third kappa shape index (κ3) is 3.47. The molecule has 2 aromatic heterocycles. The van der Waals surface area contributed by atoms with Crippen LogP contribution in [0.2, 0.25) is 0 Å². The van der Waals surface area contributed by atoms with Gasteiger partial charge in [0.25, 0.3) is 0 Å². The number of benzene rings is 2. The predicted molar refractivity (Wildman–Crippen MR) is 114 cm³/mol. The van der Waals surface area contributed by atoms with Crippen LogP contribution >= 0.6 is 15.9 Å². The van der Waals surface area contributed by atoms with Crippen LogP contribution in [0.1, 0.15) is 29.2 Å². The van der Waals surface area contributed by atoms with Crippen molar-refractivity contribution in [1.82, 2.24) is 4.40 Å². The molecule has 0 bridgehead atoms. The van der Waals surface area contributed by atoms with Crippen LogP contribution < -0.4 is 0 Å². The lowest BCUT2D eigenvalue weighted by molar-refractivity contribution is 1.08. The molecule has 0 aliphatic rings. The molecule has 0 radical (unpaired) electrons. The van der Waals surface area contributed by atoms with E-state index in [1.165, 1.54) is 38.9 Å². The van der Waals surface area contributed by atoms with Crippen LogP contribution in [0.25, 0.3) is 16.6 Å². The first-order valence-electron chi connectivity index (χ1n) is 9.07. The number of aromatic nitrogens is 1. The molecule has 4 aromatic rings. The molecular weight excluding hydrogens is 382 g/mol. The van der Waals surface area contributed by atoms with Crippen LogP contribution in [0.4, 0.5) is 0 Å². The highest BCUT2D eigenvalue weighted by molar-refractivity contribution is 9.10. The SMILES string of the molecule is CCc1ccc(Cc2cc3cc(-c4ccc(Br)cc4)cn3cc2C)cc1. The Morgan fingerprint density at radius 1 is 0.808 bits per heavy atom. The zero-order valence-electron chi connectivity index (χ0n) is 15.2. The molecule has 0 saturated carbocycles. The quantitative estimate of drug-likeness (QED) is 0.351. The van der Waals surface area contributed by atoms with Gasteiger partial charge in [-0.1, -0.05) is 59.3 Å². The van der Waals surface area contributed by atoms with E-state index >= 15 is 0 Å². The molecule has 130 valence electrons. The van der Waals surface area contributed by atoms with Gasteiger partial charge in [0.2, 0.25) is 0 Å². The lowest BCUT2D eigenvalue weighted by Gasteiger charge is -2.08. The van der Waals surface area contributed by atoms with Crippen molar-refractivity contribution in [2.75, 3.05) is 0 Å². The minimum Gasteiger partial charge on any atom is -0.323 e. The van der Waals surface area contributed by atoms with Crippen LogP contribution in [0.5, 0.6) is 0 Å². The monoisotopic (exact) mass is 403 g/mol. The van der Waals surface area contributed by atoms with Crippen molar-refractivity contribution < 1.29 is 0 Å². The van der Waals surface area contributed by atoms with Gasteiger partial charge in [-0.05, 0) is 71.8 Å². The first-order valence-corrected chi connectivity index (χ1v) is 9.86. The van der Waals surface area contributed by atoms with Gasteiger partial charge in [-0.15, -0.1) is 0 Å². The number of hydrogen-bond donors (Lipinski definition) is 0. The maximum atomic E-state index is 3.51. The fourth-order valence-electron chi connectivity index (χ4n) is 3.41. The van der Waals surface area contributed by atoms with Crippen molar-refractivity contribution in [2.24, 2.45) is 0 Å². The Kier molecular flexibility index (Phi) is 4.69. The average molecular weight is 404 g/mol. The molecule has 0 N–H and O–H groups in total. The van der Waals surface area contributed by atoms with E-state index in [9.17, 15) is 0 Å². The first kappa shape index (κ1) is 17.1. The molecular formula is C24H22BrN. The fraction of sp³-hybridized carbons (Fsp3) is 0.167. The number of nitrogens with zero attached hydrogens (tertiary/aromatic N) is 1. The number of rotatable bonds is 4. The summed E-state index contributed by atoms with van der Waals surface area (Å²) in [6.07, 6.45) is 6.53. The number of hydrogen-bond acceptors (Lipinski definition) is 0. The molecule has 0 unspecified atom stereocenters. The lowest BCUT2D eigenvalue weighted by Crippen LogP contribution is -1.95. The van der Waals surface area contributed by atoms with E-state index in [-0.39, 0.29) is 0 Å². The van der Waals surface area contributed by atoms with Crippen molar-refractivity contribution in [3.05, 3.63) is 99.8 Å². The Hall–Kier alpha value is -2.32. The van der Waals surface area contributed by atoms with Crippen molar-refractivity contribution in [1.29, 1.82) is 0 Å². The van der Waals surface area contributed by atoms with Crippen molar-refractivity contribution in [3.63, 3.8) is 0 Å². The normalized spacial score (nSPS) is 11.2. The molecule has 0 saturated heterocycles. The molecule has 4 rings (SSSR count). The Balaban J connectivity index is 1.67. The Bertz CT molecular complexity index is 1040. The zero-order chi connectivity index (χ0) is 18.1. The van der Waals surface area contributed by atoms with Gasteiger partial charge in [0.1, 0.15) is 0 Å². The van der Waals surface area contributed by atoms with E-state index in [4.69, 9.17) is 0 Å². The molecule has 1 nitrogen and oxygen atoms in total. The molecule has 0 spiro atoms. The van der Waals surface area contributed by atoms with E-state index in [2.05, 4.69) is 107 Å². The number of fused-ring (bicyclic) bond motifs is 1. The summed E-state index contributed by atoms with van der Waals surface area (Å²) in [5.41, 5.74) is 9.22. The fourth-order valence-corrected chi connectivity index (χ4v) is 3.68. The number of pyridine rings is 1. The summed E-state index contributed by atoms with van der Waals surface area (Å²) in [6, 6.07) is 22.1. The van der Waals surface area contributed by atoms with Crippen molar-refractivity contribution >= 4 is 21.4 Å². The number of halogens is 1. The molecule has 2 heteroatoms. The van der Waals surface area contributed by atoms with E-state index in [0.29, 0.717) is 0 Å². The highest BCUT2D eigenvalue weighted by Crippen LogP contribution is 2.26. The maximum absolute atomic E-state index is 3.51. The van der Waals surface area contributed by atoms with Gasteiger partial charge in [-0.2, -0.15) is 0 Å². The Labute approximate surface area is 163 Å². The summed E-state index contributed by atoms with van der Waals surface area (Å²) in [6.45, 7) is 4.40. The van der Waals surface area contributed by atoms with Crippen molar-refractivity contribution in [2.45, 2.75) is 26.7 Å². The molecule has 0 fully saturated rings. The molecule has 2 heterocycles. The van der Waals surface area contributed by atoms with E-state index in [1.807, 2.05) is 0 Å². The van der Waals surface area contributed by atoms with Gasteiger partial charge in [0.05, 0.1) is 0 Å². The first-order chi connectivity index (χ1) is 12.6. The van der Waals surface area contributed by atoms with Gasteiger partial charge >= 0.3 is 0 Å². The summed E-state index contributed by atoms with van der Waals surface area (Å²) in [5.74, 6) is 0. The van der Waals surface area contributed by atoms with E-state index in [1.54, 1.807) is 0 Å². The minimum absolute atomic E-state index is 0.977. The Morgan fingerprint density at radius 2 is 1.50 bits per heavy atom. The van der Waals surface area contributed by atoms with Gasteiger partial charge in [-0.3, -0.25) is 0 Å². The van der Waals surface area contributed by atoms with Crippen molar-refractivity contribution in [3.8, 4) is 11.1 Å². The van der Waals surface area contributed by atoms with Crippen LogP contribution in [0, 0.1) is 6.92 Å². The summed E-state index contributed by atoms with van der Waals surface area (Å²) < 4.78 is 3.34. The lowest BCUT2D eigenvalue weighted by atomic mass is 10.0. The van der Waals surface area contributed by atoms with E-state index in [0.717, 1.165) is 17.3 Å². The molecule has 2 aromatic carbocycles. The average Bonchev–Trinajstić information content (AvgIpc) is 3.06. The zero-order valence-corrected chi connectivity index (χ0v) is 16.8.